The summed E-state index contributed by atoms with van der Waals surface area (Å²) in [6, 6.07) is 1.65. The molecule has 1 saturated carbocycles. The number of nitrogens with zero attached hydrogens (tertiary/aromatic N) is 1. The molecular weight excluding hydrogens is 224 g/mol. The van der Waals surface area contributed by atoms with E-state index in [-0.39, 0.29) is 9.92 Å². The van der Waals surface area contributed by atoms with Gasteiger partial charge in [0.15, 0.2) is 0 Å². The average molecular weight is 240 g/mol. The molecule has 0 bridgehead atoms. The molecule has 1 aliphatic rings. The Balaban J connectivity index is 1.78. The van der Waals surface area contributed by atoms with E-state index < -0.39 is 0 Å². The van der Waals surface area contributed by atoms with Gasteiger partial charge in [-0.1, -0.05) is 24.7 Å². The maximum atomic E-state index is 10.5. The summed E-state index contributed by atoms with van der Waals surface area (Å²) in [4.78, 5) is 10.2. The molecule has 0 spiro atoms. The minimum Gasteiger partial charge on any atom is -0.312 e. The predicted molar refractivity (Wildman–Crippen MR) is 64.6 cm³/mol. The van der Waals surface area contributed by atoms with Gasteiger partial charge in [-0.15, -0.1) is 0 Å². The van der Waals surface area contributed by atoms with Crippen molar-refractivity contribution < 1.29 is 4.92 Å². The lowest BCUT2D eigenvalue weighted by Crippen LogP contribution is -2.36. The lowest BCUT2D eigenvalue weighted by Gasteiger charge is -2.38. The van der Waals surface area contributed by atoms with E-state index in [1.165, 1.54) is 30.6 Å². The maximum absolute atomic E-state index is 10.5. The van der Waals surface area contributed by atoms with Gasteiger partial charge in [0, 0.05) is 24.5 Å². The van der Waals surface area contributed by atoms with Gasteiger partial charge >= 0.3 is 5.00 Å². The lowest BCUT2D eigenvalue weighted by molar-refractivity contribution is -0.380. The van der Waals surface area contributed by atoms with E-state index in [9.17, 15) is 10.1 Å². The van der Waals surface area contributed by atoms with E-state index in [0.717, 1.165) is 18.7 Å². The third-order valence-corrected chi connectivity index (χ3v) is 4.19. The molecule has 1 aromatic heterocycles. The molecule has 1 fully saturated rings. The van der Waals surface area contributed by atoms with Crippen LogP contribution in [0.5, 0.6) is 0 Å². The van der Waals surface area contributed by atoms with Gasteiger partial charge in [-0.3, -0.25) is 10.1 Å². The first kappa shape index (κ1) is 11.5. The largest absolute Gasteiger partial charge is 0.324 e. The zero-order valence-electron chi connectivity index (χ0n) is 9.36. The molecule has 0 saturated heterocycles. The van der Waals surface area contributed by atoms with Crippen molar-refractivity contribution >= 4 is 16.3 Å². The number of nitrogens with one attached hydrogen (secondary N) is 1. The topological polar surface area (TPSA) is 55.2 Å². The molecule has 16 heavy (non-hydrogen) atoms. The van der Waals surface area contributed by atoms with Crippen molar-refractivity contribution in [2.24, 2.45) is 5.41 Å². The Bertz CT molecular complexity index is 385. The maximum Gasteiger partial charge on any atom is 0.324 e. The summed E-state index contributed by atoms with van der Waals surface area (Å²) in [6.45, 7) is 4.04. The second-order valence-electron chi connectivity index (χ2n) is 4.82. The van der Waals surface area contributed by atoms with Crippen molar-refractivity contribution in [1.29, 1.82) is 0 Å². The summed E-state index contributed by atoms with van der Waals surface area (Å²) in [5.41, 5.74) is 1.47. The molecule has 1 N–H and O–H groups in total. The first-order valence-corrected chi connectivity index (χ1v) is 6.40. The molecule has 0 atom stereocenters. The Labute approximate surface area is 98.8 Å². The third-order valence-electron chi connectivity index (χ3n) is 3.26. The highest BCUT2D eigenvalue weighted by atomic mass is 32.1. The normalized spacial score (nSPS) is 18.1. The van der Waals surface area contributed by atoms with E-state index in [1.807, 2.05) is 5.38 Å². The summed E-state index contributed by atoms with van der Waals surface area (Å²) in [5.74, 6) is 0. The highest BCUT2D eigenvalue weighted by Gasteiger charge is 2.30. The Morgan fingerprint density at radius 2 is 2.38 bits per heavy atom. The zero-order valence-corrected chi connectivity index (χ0v) is 10.2. The van der Waals surface area contributed by atoms with Crippen LogP contribution in [0.1, 0.15) is 31.7 Å². The first-order valence-electron chi connectivity index (χ1n) is 5.52. The fourth-order valence-corrected chi connectivity index (χ4v) is 2.75. The molecular formula is C11H16N2O2S. The number of hydrogen-bond donors (Lipinski definition) is 1. The van der Waals surface area contributed by atoms with E-state index in [0.29, 0.717) is 5.41 Å². The van der Waals surface area contributed by atoms with Crippen molar-refractivity contribution in [3.63, 3.8) is 0 Å². The summed E-state index contributed by atoms with van der Waals surface area (Å²) in [7, 11) is 0. The minimum atomic E-state index is -0.332. The Morgan fingerprint density at radius 3 is 2.88 bits per heavy atom. The molecule has 88 valence electrons. The highest BCUT2D eigenvalue weighted by Crippen LogP contribution is 2.39. The van der Waals surface area contributed by atoms with Gasteiger partial charge in [0.05, 0.1) is 4.92 Å². The van der Waals surface area contributed by atoms with Gasteiger partial charge in [0.2, 0.25) is 0 Å². The first-order chi connectivity index (χ1) is 7.59. The molecule has 0 radical (unpaired) electrons. The Kier molecular flexibility index (Phi) is 3.25. The van der Waals surface area contributed by atoms with Crippen LogP contribution in [0.15, 0.2) is 11.4 Å². The van der Waals surface area contributed by atoms with Crippen molar-refractivity contribution in [2.75, 3.05) is 6.54 Å². The molecule has 0 unspecified atom stereocenters. The highest BCUT2D eigenvalue weighted by molar-refractivity contribution is 7.13. The van der Waals surface area contributed by atoms with Crippen LogP contribution in [0.25, 0.3) is 0 Å². The third kappa shape index (κ3) is 2.59. The average Bonchev–Trinajstić information content (AvgIpc) is 2.64. The number of rotatable bonds is 5. The molecule has 0 aliphatic heterocycles. The fraction of sp³-hybridized carbons (Fsp3) is 0.636. The molecule has 0 amide bonds. The summed E-state index contributed by atoms with van der Waals surface area (Å²) in [5, 5.41) is 16.0. The van der Waals surface area contributed by atoms with Crippen LogP contribution >= 0.6 is 11.3 Å². The minimum absolute atomic E-state index is 0.228. The van der Waals surface area contributed by atoms with Crippen molar-refractivity contribution in [3.8, 4) is 0 Å². The van der Waals surface area contributed by atoms with Crippen LogP contribution in [-0.4, -0.2) is 11.5 Å². The van der Waals surface area contributed by atoms with Crippen LogP contribution in [0.4, 0.5) is 5.00 Å². The Hall–Kier alpha value is -0.940. The van der Waals surface area contributed by atoms with Crippen LogP contribution in [-0.2, 0) is 6.54 Å². The van der Waals surface area contributed by atoms with Gasteiger partial charge in [-0.25, -0.2) is 0 Å². The zero-order chi connectivity index (χ0) is 11.6. The smallest absolute Gasteiger partial charge is 0.312 e. The predicted octanol–water partition coefficient (Wildman–Crippen LogP) is 2.94. The van der Waals surface area contributed by atoms with E-state index >= 15 is 0 Å². The quantitative estimate of drug-likeness (QED) is 0.636. The lowest BCUT2D eigenvalue weighted by atomic mass is 9.70. The van der Waals surface area contributed by atoms with E-state index in [2.05, 4.69) is 12.2 Å². The monoisotopic (exact) mass is 240 g/mol. The van der Waals surface area contributed by atoms with Crippen LogP contribution in [0.3, 0.4) is 0 Å². The van der Waals surface area contributed by atoms with E-state index in [4.69, 9.17) is 0 Å². The molecule has 1 aliphatic carbocycles. The summed E-state index contributed by atoms with van der Waals surface area (Å²) < 4.78 is 0. The summed E-state index contributed by atoms with van der Waals surface area (Å²) >= 11 is 1.20. The van der Waals surface area contributed by atoms with Crippen LogP contribution < -0.4 is 5.32 Å². The molecule has 2 rings (SSSR count). The standard InChI is InChI=1S/C11H16N2O2S/c1-11(3-2-4-11)8-12-6-9-5-10(13(14)15)16-7-9/h5,7,12H,2-4,6,8H2,1H3. The Morgan fingerprint density at radius 1 is 1.62 bits per heavy atom. The van der Waals surface area contributed by atoms with Crippen molar-refractivity contribution in [1.82, 2.24) is 5.32 Å². The second-order valence-corrected chi connectivity index (χ2v) is 5.71. The van der Waals surface area contributed by atoms with Crippen LogP contribution in [0.2, 0.25) is 0 Å². The molecule has 1 aromatic rings. The molecule has 1 heterocycles. The van der Waals surface area contributed by atoms with Crippen molar-refractivity contribution in [2.45, 2.75) is 32.7 Å². The fourth-order valence-electron chi connectivity index (χ4n) is 2.02. The van der Waals surface area contributed by atoms with Gasteiger partial charge in [-0.05, 0) is 23.8 Å². The second kappa shape index (κ2) is 4.51. The molecule has 4 nitrogen and oxygen atoms in total. The van der Waals surface area contributed by atoms with Crippen molar-refractivity contribution in [3.05, 3.63) is 27.1 Å². The SMILES string of the molecule is CC1(CNCc2csc([N+](=O)[O-])c2)CCC1. The van der Waals surface area contributed by atoms with Crippen LogP contribution in [0, 0.1) is 15.5 Å². The van der Waals surface area contributed by atoms with Gasteiger partial charge in [0.25, 0.3) is 0 Å². The van der Waals surface area contributed by atoms with Gasteiger partial charge in [-0.2, -0.15) is 0 Å². The van der Waals surface area contributed by atoms with E-state index in [1.54, 1.807) is 6.07 Å². The van der Waals surface area contributed by atoms with Gasteiger partial charge < -0.3 is 5.32 Å². The summed E-state index contributed by atoms with van der Waals surface area (Å²) in [6.07, 6.45) is 3.93. The number of thiophene rings is 1. The number of hydrogen-bond acceptors (Lipinski definition) is 4. The van der Waals surface area contributed by atoms with Gasteiger partial charge in [0.1, 0.15) is 0 Å². The molecule has 0 aromatic carbocycles. The molecule has 5 heteroatoms. The number of nitro groups is 1.